The van der Waals surface area contributed by atoms with Crippen LogP contribution in [-0.2, 0) is 19.1 Å². The Morgan fingerprint density at radius 2 is 1.81 bits per heavy atom. The molecule has 0 saturated carbocycles. The summed E-state index contributed by atoms with van der Waals surface area (Å²) in [6.45, 7) is 0.849. The van der Waals surface area contributed by atoms with Crippen LogP contribution in [0.5, 0.6) is 0 Å². The predicted molar refractivity (Wildman–Crippen MR) is 75.6 cm³/mol. The molecule has 1 aliphatic heterocycles. The molecular weight excluding hydrogens is 347 g/mol. The number of hydrogen-bond donors (Lipinski definition) is 1. The molecule has 110 valence electrons. The van der Waals surface area contributed by atoms with E-state index < -0.39 is 11.9 Å². The van der Waals surface area contributed by atoms with Crippen LogP contribution < -0.4 is 5.32 Å². The predicted octanol–water partition coefficient (Wildman–Crippen LogP) is 3.57. The third-order valence-corrected chi connectivity index (χ3v) is 3.84. The zero-order valence-corrected chi connectivity index (χ0v) is 12.4. The summed E-state index contributed by atoms with van der Waals surface area (Å²) in [5, 5.41) is 3.04. The summed E-state index contributed by atoms with van der Waals surface area (Å²) >= 11 is 3.29. The topological polar surface area (TPSA) is 37.8 Å². The number of nitrogens with one attached hydrogen (secondary N) is 1. The van der Waals surface area contributed by atoms with Crippen molar-refractivity contribution in [1.29, 1.82) is 0 Å². The van der Waals surface area contributed by atoms with E-state index in [0.717, 1.165) is 4.47 Å². The van der Waals surface area contributed by atoms with Gasteiger partial charge in [-0.15, -0.1) is 0 Å². The summed E-state index contributed by atoms with van der Waals surface area (Å²) in [5.74, 6) is 0.109. The Morgan fingerprint density at radius 1 is 1.10 bits per heavy atom. The van der Waals surface area contributed by atoms with Gasteiger partial charge in [0.15, 0.2) is 11.5 Å². The van der Waals surface area contributed by atoms with Gasteiger partial charge in [-0.25, -0.2) is 9.97 Å². The maximum absolute atomic E-state index is 13.2. The van der Waals surface area contributed by atoms with Crippen LogP contribution in [-0.4, -0.2) is 16.5 Å². The lowest BCUT2D eigenvalue weighted by molar-refractivity contribution is -0.142. The second kappa shape index (κ2) is 5.38. The fourth-order valence-corrected chi connectivity index (χ4v) is 2.59. The molecule has 0 amide bonds. The minimum absolute atomic E-state index is 0.109. The van der Waals surface area contributed by atoms with Crippen LogP contribution in [0.15, 0.2) is 28.7 Å². The number of benzene rings is 1. The molecule has 0 atom stereocenters. The molecule has 1 aliphatic rings. The highest BCUT2D eigenvalue weighted by molar-refractivity contribution is 9.10. The normalized spacial score (nSPS) is 14.9. The molecule has 0 unspecified atom stereocenters. The van der Waals surface area contributed by atoms with Crippen molar-refractivity contribution in [2.24, 2.45) is 0 Å². The van der Waals surface area contributed by atoms with Crippen molar-refractivity contribution >= 4 is 15.9 Å². The van der Waals surface area contributed by atoms with E-state index in [1.54, 1.807) is 24.3 Å². The van der Waals surface area contributed by atoms with Crippen molar-refractivity contribution in [3.8, 4) is 11.4 Å². The second-order valence-corrected chi connectivity index (χ2v) is 5.67. The van der Waals surface area contributed by atoms with Crippen molar-refractivity contribution in [2.45, 2.75) is 19.1 Å². The lowest BCUT2D eigenvalue weighted by Gasteiger charge is -2.21. The molecule has 0 aliphatic carbocycles. The quantitative estimate of drug-likeness (QED) is 0.847. The molecule has 21 heavy (non-hydrogen) atoms. The number of rotatable bonds is 1. The zero-order valence-electron chi connectivity index (χ0n) is 10.8. The number of hydrogen-bond acceptors (Lipinski definition) is 3. The minimum Gasteiger partial charge on any atom is -0.311 e. The molecule has 7 heteroatoms. The standard InChI is InChI=1S/C14H11BrF3N3/c15-9-3-1-8(2-4-9)13-20-11-7-19-6-5-10(11)12(21-13)14(16,17)18/h1-4,19H,5-7H2. The average Bonchev–Trinajstić information content (AvgIpc) is 2.46. The Bertz CT molecular complexity index is 668. The van der Waals surface area contributed by atoms with E-state index in [9.17, 15) is 13.2 Å². The first-order valence-corrected chi connectivity index (χ1v) is 7.18. The Kier molecular flexibility index (Phi) is 3.71. The van der Waals surface area contributed by atoms with Gasteiger partial charge in [0.1, 0.15) is 0 Å². The molecule has 0 saturated heterocycles. The molecule has 1 N–H and O–H groups in total. The van der Waals surface area contributed by atoms with E-state index in [2.05, 4.69) is 31.2 Å². The van der Waals surface area contributed by atoms with Gasteiger partial charge in [0.25, 0.3) is 0 Å². The summed E-state index contributed by atoms with van der Waals surface area (Å²) < 4.78 is 40.5. The van der Waals surface area contributed by atoms with Crippen LogP contribution in [0.25, 0.3) is 11.4 Å². The average molecular weight is 358 g/mol. The van der Waals surface area contributed by atoms with Crippen molar-refractivity contribution in [1.82, 2.24) is 15.3 Å². The fourth-order valence-electron chi connectivity index (χ4n) is 2.32. The summed E-state index contributed by atoms with van der Waals surface area (Å²) in [7, 11) is 0. The Hall–Kier alpha value is -1.47. The van der Waals surface area contributed by atoms with Gasteiger partial charge in [-0.3, -0.25) is 0 Å². The van der Waals surface area contributed by atoms with Gasteiger partial charge >= 0.3 is 6.18 Å². The highest BCUT2D eigenvalue weighted by Gasteiger charge is 2.38. The van der Waals surface area contributed by atoms with Gasteiger partial charge in [0.2, 0.25) is 0 Å². The molecule has 1 aromatic heterocycles. The molecule has 0 fully saturated rings. The summed E-state index contributed by atoms with van der Waals surface area (Å²) in [5.41, 5.74) is 0.396. The lowest BCUT2D eigenvalue weighted by Crippen LogP contribution is -2.28. The van der Waals surface area contributed by atoms with Crippen molar-refractivity contribution in [2.75, 3.05) is 6.54 Å². The van der Waals surface area contributed by atoms with Gasteiger partial charge < -0.3 is 5.32 Å². The summed E-state index contributed by atoms with van der Waals surface area (Å²) in [6.07, 6.45) is -4.17. The van der Waals surface area contributed by atoms with E-state index >= 15 is 0 Å². The molecule has 0 radical (unpaired) electrons. The van der Waals surface area contributed by atoms with Crippen LogP contribution in [0.2, 0.25) is 0 Å². The largest absolute Gasteiger partial charge is 0.433 e. The Labute approximate surface area is 127 Å². The van der Waals surface area contributed by atoms with Gasteiger partial charge in [-0.2, -0.15) is 13.2 Å². The number of nitrogens with zero attached hydrogens (tertiary/aromatic N) is 2. The first-order chi connectivity index (χ1) is 9.95. The number of aromatic nitrogens is 2. The summed E-state index contributed by atoms with van der Waals surface area (Å²) in [6, 6.07) is 6.90. The Morgan fingerprint density at radius 3 is 2.48 bits per heavy atom. The maximum Gasteiger partial charge on any atom is 0.433 e. The number of halogens is 4. The van der Waals surface area contributed by atoms with Crippen molar-refractivity contribution in [3.05, 3.63) is 45.7 Å². The second-order valence-electron chi connectivity index (χ2n) is 4.75. The van der Waals surface area contributed by atoms with Crippen LogP contribution in [0.4, 0.5) is 13.2 Å². The van der Waals surface area contributed by atoms with Crippen LogP contribution >= 0.6 is 15.9 Å². The minimum atomic E-state index is -4.46. The maximum atomic E-state index is 13.2. The molecule has 3 rings (SSSR count). The van der Waals surface area contributed by atoms with Crippen LogP contribution in [0, 0.1) is 0 Å². The number of fused-ring (bicyclic) bond motifs is 1. The van der Waals surface area contributed by atoms with E-state index in [-0.39, 0.29) is 11.4 Å². The first-order valence-electron chi connectivity index (χ1n) is 6.39. The highest BCUT2D eigenvalue weighted by atomic mass is 79.9. The van der Waals surface area contributed by atoms with E-state index in [0.29, 0.717) is 30.8 Å². The fraction of sp³-hybridized carbons (Fsp3) is 0.286. The van der Waals surface area contributed by atoms with Gasteiger partial charge in [-0.1, -0.05) is 28.1 Å². The Balaban J connectivity index is 2.16. The molecule has 3 nitrogen and oxygen atoms in total. The number of alkyl halides is 3. The monoisotopic (exact) mass is 357 g/mol. The van der Waals surface area contributed by atoms with E-state index in [1.165, 1.54) is 0 Å². The smallest absolute Gasteiger partial charge is 0.311 e. The van der Waals surface area contributed by atoms with Gasteiger partial charge in [0, 0.05) is 22.1 Å². The van der Waals surface area contributed by atoms with Crippen LogP contribution in [0.3, 0.4) is 0 Å². The van der Waals surface area contributed by atoms with Crippen molar-refractivity contribution < 1.29 is 13.2 Å². The molecular formula is C14H11BrF3N3. The first kappa shape index (κ1) is 14.5. The molecule has 2 aromatic rings. The zero-order chi connectivity index (χ0) is 15.0. The van der Waals surface area contributed by atoms with Crippen molar-refractivity contribution in [3.63, 3.8) is 0 Å². The third kappa shape index (κ3) is 2.94. The van der Waals surface area contributed by atoms with E-state index in [1.807, 2.05) is 0 Å². The lowest BCUT2D eigenvalue weighted by atomic mass is 10.0. The van der Waals surface area contributed by atoms with E-state index in [4.69, 9.17) is 0 Å². The summed E-state index contributed by atoms with van der Waals surface area (Å²) in [4.78, 5) is 8.08. The molecule has 2 heterocycles. The molecule has 0 bridgehead atoms. The highest BCUT2D eigenvalue weighted by Crippen LogP contribution is 2.34. The third-order valence-electron chi connectivity index (χ3n) is 3.31. The molecule has 1 aromatic carbocycles. The molecule has 0 spiro atoms. The SMILES string of the molecule is FC(F)(F)c1nc(-c2ccc(Br)cc2)nc2c1CCNC2. The van der Waals surface area contributed by atoms with Gasteiger partial charge in [-0.05, 0) is 25.1 Å². The van der Waals surface area contributed by atoms with Crippen LogP contribution in [0.1, 0.15) is 17.0 Å². The van der Waals surface area contributed by atoms with Gasteiger partial charge in [0.05, 0.1) is 5.69 Å².